The average molecular weight is 411 g/mol. The highest BCUT2D eigenvalue weighted by Crippen LogP contribution is 2.28. The Morgan fingerprint density at radius 3 is 2.67 bits per heavy atom. The molecule has 1 saturated heterocycles. The molecule has 1 aromatic rings. The topological polar surface area (TPSA) is 78.1 Å². The number of nitrogens with one attached hydrogen (secondary N) is 2. The van der Waals surface area contributed by atoms with Crippen LogP contribution in [0.4, 0.5) is 13.2 Å². The fourth-order valence-corrected chi connectivity index (χ4v) is 3.39. The largest absolute Gasteiger partial charge is 0.405 e. The predicted octanol–water partition coefficient (Wildman–Crippen LogP) is 2.58. The molecule has 0 bridgehead atoms. The maximum absolute atomic E-state index is 12.6. The number of carbonyl (C=O) groups excluding carboxylic acids is 2. The first kappa shape index (κ1) is 18.8. The van der Waals surface area contributed by atoms with Crippen LogP contribution in [-0.2, 0) is 4.79 Å². The molecule has 0 aliphatic carbocycles. The fourth-order valence-electron chi connectivity index (χ4n) is 2.59. The van der Waals surface area contributed by atoms with E-state index in [0.717, 1.165) is 5.69 Å². The van der Waals surface area contributed by atoms with Crippen molar-refractivity contribution in [3.63, 3.8) is 0 Å². The lowest BCUT2D eigenvalue weighted by atomic mass is 10.1. The van der Waals surface area contributed by atoms with E-state index in [-0.39, 0.29) is 11.6 Å². The van der Waals surface area contributed by atoms with E-state index in [1.807, 2.05) is 19.2 Å². The van der Waals surface area contributed by atoms with Crippen LogP contribution in [-0.4, -0.2) is 52.2 Å². The maximum Gasteiger partial charge on any atom is 0.405 e. The SMILES string of the molecule is CC(C)c1[nH]nc(C(=O)N2CCCC2C(=O)NCC(F)(F)F)c1Br. The van der Waals surface area contributed by atoms with Crippen molar-refractivity contribution in [2.24, 2.45) is 0 Å². The zero-order chi connectivity index (χ0) is 18.1. The van der Waals surface area contributed by atoms with Gasteiger partial charge in [0.15, 0.2) is 5.69 Å². The van der Waals surface area contributed by atoms with Crippen LogP contribution in [0.25, 0.3) is 0 Å². The van der Waals surface area contributed by atoms with Crippen molar-refractivity contribution < 1.29 is 22.8 Å². The Kier molecular flexibility index (Phi) is 5.56. The zero-order valence-corrected chi connectivity index (χ0v) is 14.8. The van der Waals surface area contributed by atoms with Gasteiger partial charge in [-0.3, -0.25) is 14.7 Å². The number of hydrogen-bond acceptors (Lipinski definition) is 3. The first-order valence-corrected chi connectivity index (χ1v) is 8.30. The maximum atomic E-state index is 12.6. The van der Waals surface area contributed by atoms with Gasteiger partial charge >= 0.3 is 6.18 Å². The lowest BCUT2D eigenvalue weighted by Gasteiger charge is -2.23. The van der Waals surface area contributed by atoms with E-state index in [9.17, 15) is 22.8 Å². The Morgan fingerprint density at radius 2 is 2.12 bits per heavy atom. The van der Waals surface area contributed by atoms with E-state index in [1.54, 1.807) is 0 Å². The molecule has 10 heteroatoms. The molecule has 1 fully saturated rings. The number of amides is 2. The average Bonchev–Trinajstić information content (AvgIpc) is 3.09. The van der Waals surface area contributed by atoms with Crippen molar-refractivity contribution in [2.45, 2.75) is 44.8 Å². The Balaban J connectivity index is 2.12. The van der Waals surface area contributed by atoms with Gasteiger partial charge in [0.2, 0.25) is 5.91 Å². The Labute approximate surface area is 145 Å². The Bertz CT molecular complexity index is 630. The van der Waals surface area contributed by atoms with Gasteiger partial charge in [0.1, 0.15) is 12.6 Å². The van der Waals surface area contributed by atoms with Crippen LogP contribution in [0.1, 0.15) is 48.8 Å². The molecule has 1 aliphatic rings. The third-order valence-corrected chi connectivity index (χ3v) is 4.59. The lowest BCUT2D eigenvalue weighted by Crippen LogP contribution is -2.48. The third kappa shape index (κ3) is 4.08. The molecule has 1 atom stereocenters. The summed E-state index contributed by atoms with van der Waals surface area (Å²) in [4.78, 5) is 25.9. The normalized spacial score (nSPS) is 18.3. The number of aromatic amines is 1. The Morgan fingerprint density at radius 1 is 1.46 bits per heavy atom. The molecule has 0 spiro atoms. The van der Waals surface area contributed by atoms with Crippen LogP contribution in [0.15, 0.2) is 4.47 Å². The van der Waals surface area contributed by atoms with E-state index < -0.39 is 30.6 Å². The van der Waals surface area contributed by atoms with Gasteiger partial charge in [-0.2, -0.15) is 18.3 Å². The summed E-state index contributed by atoms with van der Waals surface area (Å²) in [5, 5.41) is 8.60. The van der Waals surface area contributed by atoms with Gasteiger partial charge in [-0.25, -0.2) is 0 Å². The summed E-state index contributed by atoms with van der Waals surface area (Å²) >= 11 is 3.32. The molecule has 0 aromatic carbocycles. The van der Waals surface area contributed by atoms with E-state index in [4.69, 9.17) is 0 Å². The van der Waals surface area contributed by atoms with E-state index in [1.165, 1.54) is 4.90 Å². The highest BCUT2D eigenvalue weighted by Gasteiger charge is 2.38. The molecule has 2 heterocycles. The highest BCUT2D eigenvalue weighted by atomic mass is 79.9. The number of alkyl halides is 3. The second kappa shape index (κ2) is 7.12. The van der Waals surface area contributed by atoms with Crippen molar-refractivity contribution in [3.8, 4) is 0 Å². The standard InChI is InChI=1S/C14H18BrF3N4O2/c1-7(2)10-9(15)11(21-20-10)13(24)22-5-3-4-8(22)12(23)19-6-14(16,17)18/h7-8H,3-6H2,1-2H3,(H,19,23)(H,20,21). The number of halogens is 4. The fraction of sp³-hybridized carbons (Fsp3) is 0.643. The summed E-state index contributed by atoms with van der Waals surface area (Å²) in [5.74, 6) is -1.17. The third-order valence-electron chi connectivity index (χ3n) is 3.79. The van der Waals surface area contributed by atoms with Gasteiger partial charge in [0, 0.05) is 6.54 Å². The summed E-state index contributed by atoms with van der Waals surface area (Å²) in [5.41, 5.74) is 0.879. The van der Waals surface area contributed by atoms with Gasteiger partial charge < -0.3 is 10.2 Å². The molecule has 2 amide bonds. The number of H-pyrrole nitrogens is 1. The minimum Gasteiger partial charge on any atom is -0.345 e. The second-order valence-corrected chi connectivity index (χ2v) is 6.74. The van der Waals surface area contributed by atoms with Crippen LogP contribution in [0.3, 0.4) is 0 Å². The Hall–Kier alpha value is -1.58. The van der Waals surface area contributed by atoms with Gasteiger partial charge in [-0.05, 0) is 34.7 Å². The first-order valence-electron chi connectivity index (χ1n) is 7.51. The number of nitrogens with zero attached hydrogens (tertiary/aromatic N) is 2. The molecule has 24 heavy (non-hydrogen) atoms. The minimum atomic E-state index is -4.49. The second-order valence-electron chi connectivity index (χ2n) is 5.94. The van der Waals surface area contributed by atoms with Crippen LogP contribution in [0, 0.1) is 0 Å². The predicted molar refractivity (Wildman–Crippen MR) is 83.5 cm³/mol. The van der Waals surface area contributed by atoms with E-state index in [0.29, 0.717) is 23.9 Å². The molecule has 2 rings (SSSR count). The van der Waals surface area contributed by atoms with Crippen molar-refractivity contribution in [2.75, 3.05) is 13.1 Å². The molecule has 1 aliphatic heterocycles. The van der Waals surface area contributed by atoms with Crippen LogP contribution < -0.4 is 5.32 Å². The summed E-state index contributed by atoms with van der Waals surface area (Å²) in [7, 11) is 0. The van der Waals surface area contributed by atoms with Crippen molar-refractivity contribution in [1.82, 2.24) is 20.4 Å². The van der Waals surface area contributed by atoms with Crippen molar-refractivity contribution in [3.05, 3.63) is 15.9 Å². The molecule has 0 saturated carbocycles. The van der Waals surface area contributed by atoms with Crippen LogP contribution >= 0.6 is 15.9 Å². The van der Waals surface area contributed by atoms with Gasteiger partial charge in [0.05, 0.1) is 10.2 Å². The smallest absolute Gasteiger partial charge is 0.345 e. The molecular weight excluding hydrogens is 393 g/mol. The van der Waals surface area contributed by atoms with Crippen molar-refractivity contribution in [1.29, 1.82) is 0 Å². The number of likely N-dealkylation sites (tertiary alicyclic amines) is 1. The molecule has 134 valence electrons. The first-order chi connectivity index (χ1) is 11.1. The molecule has 2 N–H and O–H groups in total. The minimum absolute atomic E-state index is 0.109. The van der Waals surface area contributed by atoms with Crippen LogP contribution in [0.2, 0.25) is 0 Å². The summed E-state index contributed by atoms with van der Waals surface area (Å²) in [6.45, 7) is 2.75. The van der Waals surface area contributed by atoms with E-state index in [2.05, 4.69) is 26.1 Å². The lowest BCUT2D eigenvalue weighted by molar-refractivity contribution is -0.140. The summed E-state index contributed by atoms with van der Waals surface area (Å²) < 4.78 is 37.2. The molecular formula is C14H18BrF3N4O2. The number of hydrogen-bond donors (Lipinski definition) is 2. The molecule has 0 radical (unpaired) electrons. The molecule has 6 nitrogen and oxygen atoms in total. The highest BCUT2D eigenvalue weighted by molar-refractivity contribution is 9.10. The zero-order valence-electron chi connectivity index (χ0n) is 13.2. The van der Waals surface area contributed by atoms with Gasteiger partial charge in [-0.15, -0.1) is 0 Å². The molecule has 1 aromatic heterocycles. The summed E-state index contributed by atoms with van der Waals surface area (Å²) in [6.07, 6.45) is -3.61. The number of carbonyl (C=O) groups is 2. The van der Waals surface area contributed by atoms with Crippen LogP contribution in [0.5, 0.6) is 0 Å². The van der Waals surface area contributed by atoms with Crippen molar-refractivity contribution >= 4 is 27.7 Å². The number of aromatic nitrogens is 2. The quantitative estimate of drug-likeness (QED) is 0.800. The monoisotopic (exact) mass is 410 g/mol. The molecule has 1 unspecified atom stereocenters. The van der Waals surface area contributed by atoms with E-state index >= 15 is 0 Å². The number of rotatable bonds is 4. The van der Waals surface area contributed by atoms with Gasteiger partial charge in [-0.1, -0.05) is 13.8 Å². The summed E-state index contributed by atoms with van der Waals surface area (Å²) in [6, 6.07) is -0.911. The van der Waals surface area contributed by atoms with Gasteiger partial charge in [0.25, 0.3) is 5.91 Å².